The number of hydrogen-bond acceptors (Lipinski definition) is 2. The van der Waals surface area contributed by atoms with Crippen LogP contribution in [0.2, 0.25) is 0 Å². The number of rotatable bonds is 4. The summed E-state index contributed by atoms with van der Waals surface area (Å²) in [5.41, 5.74) is 1.71. The van der Waals surface area contributed by atoms with Gasteiger partial charge in [0.15, 0.2) is 0 Å². The van der Waals surface area contributed by atoms with Crippen molar-refractivity contribution < 1.29 is 4.79 Å². The molecule has 5 nitrogen and oxygen atoms in total. The fraction of sp³-hybridized carbons (Fsp3) is 0.0588. The van der Waals surface area contributed by atoms with Gasteiger partial charge in [-0.25, -0.2) is 0 Å². The molecule has 110 valence electrons. The summed E-state index contributed by atoms with van der Waals surface area (Å²) in [5.74, 6) is -0.256. The molecule has 0 unspecified atom stereocenters. The third-order valence-electron chi connectivity index (χ3n) is 3.32. The van der Waals surface area contributed by atoms with Crippen LogP contribution >= 0.6 is 0 Å². The monoisotopic (exact) mass is 293 g/mol. The molecule has 0 bridgehead atoms. The molecule has 3 aromatic rings. The third kappa shape index (κ3) is 2.98. The van der Waals surface area contributed by atoms with E-state index in [2.05, 4.69) is 10.2 Å². The van der Waals surface area contributed by atoms with Gasteiger partial charge in [0, 0.05) is 11.8 Å². The van der Waals surface area contributed by atoms with Gasteiger partial charge in [-0.2, -0.15) is 0 Å². The minimum absolute atomic E-state index is 0.241. The molecule has 0 spiro atoms. The van der Waals surface area contributed by atoms with Gasteiger partial charge >= 0.3 is 0 Å². The Hall–Kier alpha value is -3.08. The summed E-state index contributed by atoms with van der Waals surface area (Å²) in [5, 5.41) is 5.00. The minimum atomic E-state index is -0.323. The molecule has 2 N–H and O–H groups in total. The van der Waals surface area contributed by atoms with Crippen LogP contribution in [0, 0.1) is 0 Å². The number of para-hydroxylation sites is 1. The van der Waals surface area contributed by atoms with Crippen molar-refractivity contribution in [3.63, 3.8) is 0 Å². The van der Waals surface area contributed by atoms with E-state index in [-0.39, 0.29) is 17.2 Å². The van der Waals surface area contributed by atoms with E-state index in [9.17, 15) is 9.59 Å². The summed E-state index contributed by atoms with van der Waals surface area (Å²) in [4.78, 5) is 25.6. The van der Waals surface area contributed by atoms with Crippen molar-refractivity contribution in [2.24, 2.45) is 0 Å². The quantitative estimate of drug-likeness (QED) is 0.776. The van der Waals surface area contributed by atoms with Gasteiger partial charge in [0.25, 0.3) is 11.5 Å². The van der Waals surface area contributed by atoms with Crippen molar-refractivity contribution >= 4 is 11.6 Å². The summed E-state index contributed by atoms with van der Waals surface area (Å²) in [7, 11) is 0. The molecule has 0 saturated carbocycles. The zero-order valence-corrected chi connectivity index (χ0v) is 11.8. The van der Waals surface area contributed by atoms with E-state index in [0.717, 1.165) is 11.3 Å². The molecule has 22 heavy (non-hydrogen) atoms. The summed E-state index contributed by atoms with van der Waals surface area (Å²) >= 11 is 0. The number of nitrogens with one attached hydrogen (secondary N) is 2. The number of amides is 1. The van der Waals surface area contributed by atoms with Gasteiger partial charge in [-0.05, 0) is 17.7 Å². The van der Waals surface area contributed by atoms with Crippen LogP contribution in [-0.4, -0.2) is 16.1 Å². The first-order valence-corrected chi connectivity index (χ1v) is 6.92. The van der Waals surface area contributed by atoms with Crippen molar-refractivity contribution in [3.8, 4) is 0 Å². The molecule has 0 aliphatic carbocycles. The van der Waals surface area contributed by atoms with Crippen molar-refractivity contribution in [2.75, 3.05) is 4.90 Å². The number of aromatic amines is 2. The van der Waals surface area contributed by atoms with Crippen LogP contribution in [0.25, 0.3) is 0 Å². The third-order valence-corrected chi connectivity index (χ3v) is 3.32. The molecule has 1 heterocycles. The maximum absolute atomic E-state index is 12.7. The van der Waals surface area contributed by atoms with Crippen molar-refractivity contribution in [3.05, 3.63) is 88.3 Å². The van der Waals surface area contributed by atoms with Crippen LogP contribution in [0.5, 0.6) is 0 Å². The largest absolute Gasteiger partial charge is 0.303 e. The van der Waals surface area contributed by atoms with Gasteiger partial charge < -0.3 is 4.90 Å². The van der Waals surface area contributed by atoms with Gasteiger partial charge in [0.05, 0.1) is 6.54 Å². The highest BCUT2D eigenvalue weighted by molar-refractivity contribution is 6.04. The standard InChI is InChI=1S/C17H15N3O2/c21-16-11-15(18-19-16)17(22)20(14-9-5-2-6-10-14)12-13-7-3-1-4-8-13/h1-11H,12H2,(H2,18,19,21). The van der Waals surface area contributed by atoms with Crippen molar-refractivity contribution in [1.29, 1.82) is 0 Å². The van der Waals surface area contributed by atoms with Crippen LogP contribution in [0.15, 0.2) is 71.5 Å². The number of benzene rings is 2. The highest BCUT2D eigenvalue weighted by atomic mass is 16.2. The van der Waals surface area contributed by atoms with Gasteiger partial charge in [-0.15, -0.1) is 0 Å². The lowest BCUT2D eigenvalue weighted by Crippen LogP contribution is -2.30. The lowest BCUT2D eigenvalue weighted by molar-refractivity contribution is 0.0980. The molecule has 0 aliphatic heterocycles. The van der Waals surface area contributed by atoms with E-state index < -0.39 is 0 Å². The van der Waals surface area contributed by atoms with Crippen LogP contribution in [0.1, 0.15) is 16.1 Å². The van der Waals surface area contributed by atoms with Gasteiger partial charge in [0.2, 0.25) is 0 Å². The zero-order chi connectivity index (χ0) is 15.4. The Balaban J connectivity index is 1.96. The average Bonchev–Trinajstić information content (AvgIpc) is 3.00. The fourth-order valence-electron chi connectivity index (χ4n) is 2.25. The number of carbonyl (C=O) groups excluding carboxylic acids is 1. The van der Waals surface area contributed by atoms with Crippen molar-refractivity contribution in [1.82, 2.24) is 10.2 Å². The Kier molecular flexibility index (Phi) is 3.87. The SMILES string of the molecule is O=C(c1cc(=O)[nH][nH]1)N(Cc1ccccc1)c1ccccc1. The van der Waals surface area contributed by atoms with E-state index in [1.54, 1.807) is 4.90 Å². The molecule has 5 heteroatoms. The zero-order valence-electron chi connectivity index (χ0n) is 11.8. The number of H-pyrrole nitrogens is 2. The second-order valence-electron chi connectivity index (χ2n) is 4.88. The first kappa shape index (κ1) is 13.9. The van der Waals surface area contributed by atoms with Gasteiger partial charge in [-0.3, -0.25) is 19.8 Å². The van der Waals surface area contributed by atoms with Crippen LogP contribution < -0.4 is 10.5 Å². The van der Waals surface area contributed by atoms with E-state index in [0.29, 0.717) is 6.54 Å². The lowest BCUT2D eigenvalue weighted by atomic mass is 10.2. The minimum Gasteiger partial charge on any atom is -0.303 e. The topological polar surface area (TPSA) is 69.0 Å². The number of nitrogens with zero attached hydrogens (tertiary/aromatic N) is 1. The first-order valence-electron chi connectivity index (χ1n) is 6.92. The van der Waals surface area contributed by atoms with Crippen LogP contribution in [0.3, 0.4) is 0 Å². The maximum atomic E-state index is 12.7. The number of anilines is 1. The lowest BCUT2D eigenvalue weighted by Gasteiger charge is -2.22. The van der Waals surface area contributed by atoms with E-state index in [4.69, 9.17) is 0 Å². The second kappa shape index (κ2) is 6.13. The Morgan fingerprint density at radius 3 is 2.14 bits per heavy atom. The van der Waals surface area contributed by atoms with E-state index in [1.165, 1.54) is 6.07 Å². The molecule has 3 rings (SSSR count). The Bertz CT molecular complexity index is 806. The molecule has 1 aromatic heterocycles. The molecule has 0 atom stereocenters. The number of carbonyl (C=O) groups is 1. The van der Waals surface area contributed by atoms with Gasteiger partial charge in [0.1, 0.15) is 5.69 Å². The summed E-state index contributed by atoms with van der Waals surface area (Å²) in [6.07, 6.45) is 0. The van der Waals surface area contributed by atoms with Crippen molar-refractivity contribution in [2.45, 2.75) is 6.54 Å². The molecular formula is C17H15N3O2. The average molecular weight is 293 g/mol. The normalized spacial score (nSPS) is 10.4. The summed E-state index contributed by atoms with van der Waals surface area (Å²) < 4.78 is 0. The summed E-state index contributed by atoms with van der Waals surface area (Å²) in [6.45, 7) is 0.427. The molecule has 1 amide bonds. The molecular weight excluding hydrogens is 278 g/mol. The molecule has 2 aromatic carbocycles. The van der Waals surface area contributed by atoms with E-state index in [1.807, 2.05) is 60.7 Å². The Morgan fingerprint density at radius 2 is 1.55 bits per heavy atom. The van der Waals surface area contributed by atoms with Crippen LogP contribution in [0.4, 0.5) is 5.69 Å². The first-order chi connectivity index (χ1) is 10.7. The number of aromatic nitrogens is 2. The predicted molar refractivity (Wildman–Crippen MR) is 84.8 cm³/mol. The molecule has 0 radical (unpaired) electrons. The molecule has 0 fully saturated rings. The Labute approximate surface area is 127 Å². The smallest absolute Gasteiger partial charge is 0.276 e. The fourth-order valence-corrected chi connectivity index (χ4v) is 2.25. The Morgan fingerprint density at radius 1 is 0.909 bits per heavy atom. The highest BCUT2D eigenvalue weighted by Gasteiger charge is 2.19. The second-order valence-corrected chi connectivity index (χ2v) is 4.88. The molecule has 0 saturated heterocycles. The van der Waals surface area contributed by atoms with Crippen LogP contribution in [-0.2, 0) is 6.54 Å². The summed E-state index contributed by atoms with van der Waals surface area (Å²) in [6, 6.07) is 20.4. The van der Waals surface area contributed by atoms with Gasteiger partial charge in [-0.1, -0.05) is 48.5 Å². The molecule has 0 aliphatic rings. The predicted octanol–water partition coefficient (Wildman–Crippen LogP) is 2.55. The maximum Gasteiger partial charge on any atom is 0.276 e. The number of hydrogen-bond donors (Lipinski definition) is 2. The van der Waals surface area contributed by atoms with E-state index >= 15 is 0 Å². The highest BCUT2D eigenvalue weighted by Crippen LogP contribution is 2.18.